The Hall–Kier alpha value is -0.280. The molecule has 0 spiro atoms. The van der Waals surface area contributed by atoms with Crippen molar-refractivity contribution < 1.29 is 17.6 Å². The fraction of sp³-hybridized carbons (Fsp3) is 0.833. The summed E-state index contributed by atoms with van der Waals surface area (Å²) in [4.78, 5) is 0. The number of hydrogen-bond donors (Lipinski definition) is 0. The summed E-state index contributed by atoms with van der Waals surface area (Å²) >= 11 is 0. The van der Waals surface area contributed by atoms with Crippen LogP contribution < -0.4 is 0 Å². The standard InChI is InChI=1S/C6H9F4/c1-2-3-4(7)5(8)6(9)10/h4-6H,1-3H2/t4?,5-/m0/s1. The van der Waals surface area contributed by atoms with Gasteiger partial charge in [0.25, 0.3) is 6.43 Å². The van der Waals surface area contributed by atoms with Crippen molar-refractivity contribution in [1.82, 2.24) is 0 Å². The Morgan fingerprint density at radius 3 is 1.90 bits per heavy atom. The van der Waals surface area contributed by atoms with Crippen molar-refractivity contribution in [3.63, 3.8) is 0 Å². The van der Waals surface area contributed by atoms with Crippen LogP contribution in [0.5, 0.6) is 0 Å². The van der Waals surface area contributed by atoms with E-state index in [1.807, 2.05) is 0 Å². The van der Waals surface area contributed by atoms with Crippen molar-refractivity contribution in [1.29, 1.82) is 0 Å². The molecule has 0 N–H and O–H groups in total. The van der Waals surface area contributed by atoms with Crippen molar-refractivity contribution in [2.75, 3.05) is 0 Å². The lowest BCUT2D eigenvalue weighted by atomic mass is 10.1. The summed E-state index contributed by atoms with van der Waals surface area (Å²) in [5.41, 5.74) is 0. The summed E-state index contributed by atoms with van der Waals surface area (Å²) in [6.07, 6.45) is -8.06. The lowest BCUT2D eigenvalue weighted by Crippen LogP contribution is -2.24. The van der Waals surface area contributed by atoms with E-state index in [0.29, 0.717) is 0 Å². The molecule has 61 valence electrons. The van der Waals surface area contributed by atoms with E-state index in [-0.39, 0.29) is 12.8 Å². The Morgan fingerprint density at radius 1 is 1.10 bits per heavy atom. The molecule has 0 fully saturated rings. The lowest BCUT2D eigenvalue weighted by molar-refractivity contribution is 0.00146. The highest BCUT2D eigenvalue weighted by molar-refractivity contribution is 4.70. The van der Waals surface area contributed by atoms with Crippen LogP contribution in [0.3, 0.4) is 0 Å². The minimum atomic E-state index is -3.22. The molecule has 0 nitrogen and oxygen atoms in total. The van der Waals surface area contributed by atoms with E-state index in [1.54, 1.807) is 0 Å². The van der Waals surface area contributed by atoms with E-state index in [0.717, 1.165) is 0 Å². The van der Waals surface area contributed by atoms with E-state index < -0.39 is 18.8 Å². The van der Waals surface area contributed by atoms with Gasteiger partial charge in [-0.3, -0.25) is 0 Å². The molecule has 1 unspecified atom stereocenters. The second kappa shape index (κ2) is 4.52. The molecule has 0 amide bonds. The fourth-order valence-corrected chi connectivity index (χ4v) is 0.512. The second-order valence-electron chi connectivity index (χ2n) is 1.94. The summed E-state index contributed by atoms with van der Waals surface area (Å²) in [6.45, 7) is 3.22. The van der Waals surface area contributed by atoms with E-state index in [1.165, 1.54) is 0 Å². The average Bonchev–Trinajstić information content (AvgIpc) is 1.87. The summed E-state index contributed by atoms with van der Waals surface area (Å²) in [5, 5.41) is 0. The number of alkyl halides is 4. The van der Waals surface area contributed by atoms with Gasteiger partial charge in [-0.1, -0.05) is 13.3 Å². The van der Waals surface area contributed by atoms with Crippen LogP contribution in [0, 0.1) is 6.92 Å². The van der Waals surface area contributed by atoms with Crippen LogP contribution in [0.1, 0.15) is 12.8 Å². The molecule has 0 saturated carbocycles. The molecule has 0 aliphatic carbocycles. The van der Waals surface area contributed by atoms with Gasteiger partial charge < -0.3 is 0 Å². The molecular weight excluding hydrogens is 148 g/mol. The SMILES string of the molecule is [CH2]CCC(F)[C@H](F)C(F)F. The highest BCUT2D eigenvalue weighted by Crippen LogP contribution is 2.16. The van der Waals surface area contributed by atoms with Gasteiger partial charge in [0.05, 0.1) is 0 Å². The molecular formula is C6H9F4. The van der Waals surface area contributed by atoms with Crippen molar-refractivity contribution >= 4 is 0 Å². The molecule has 4 heteroatoms. The highest BCUT2D eigenvalue weighted by Gasteiger charge is 2.28. The van der Waals surface area contributed by atoms with Crippen molar-refractivity contribution in [3.05, 3.63) is 6.92 Å². The normalized spacial score (nSPS) is 17.4. The number of rotatable bonds is 4. The first-order chi connectivity index (χ1) is 4.59. The van der Waals surface area contributed by atoms with Crippen molar-refractivity contribution in [3.8, 4) is 0 Å². The third-order valence-corrected chi connectivity index (χ3v) is 1.07. The Morgan fingerprint density at radius 2 is 1.60 bits per heavy atom. The van der Waals surface area contributed by atoms with Gasteiger partial charge in [0, 0.05) is 0 Å². The van der Waals surface area contributed by atoms with E-state index in [4.69, 9.17) is 0 Å². The number of hydrogen-bond acceptors (Lipinski definition) is 0. The molecule has 1 radical (unpaired) electrons. The molecule has 0 heterocycles. The van der Waals surface area contributed by atoms with Gasteiger partial charge in [0.15, 0.2) is 6.17 Å². The van der Waals surface area contributed by atoms with Crippen LogP contribution in [-0.2, 0) is 0 Å². The van der Waals surface area contributed by atoms with Crippen molar-refractivity contribution in [2.24, 2.45) is 0 Å². The maximum Gasteiger partial charge on any atom is 0.272 e. The smallest absolute Gasteiger partial charge is 0.244 e. The molecule has 0 aliphatic rings. The Labute approximate surface area is 57.2 Å². The molecule has 10 heavy (non-hydrogen) atoms. The Balaban J connectivity index is 3.58. The van der Waals surface area contributed by atoms with Crippen LogP contribution in [-0.4, -0.2) is 18.8 Å². The van der Waals surface area contributed by atoms with Crippen LogP contribution >= 0.6 is 0 Å². The zero-order chi connectivity index (χ0) is 8.15. The van der Waals surface area contributed by atoms with E-state index >= 15 is 0 Å². The highest BCUT2D eigenvalue weighted by atomic mass is 19.3. The third-order valence-electron chi connectivity index (χ3n) is 1.07. The molecule has 0 aromatic heterocycles. The number of halogens is 4. The second-order valence-corrected chi connectivity index (χ2v) is 1.94. The molecule has 0 aliphatic heterocycles. The van der Waals surface area contributed by atoms with Gasteiger partial charge in [0.1, 0.15) is 6.17 Å². The zero-order valence-electron chi connectivity index (χ0n) is 5.37. The maximum atomic E-state index is 12.2. The van der Waals surface area contributed by atoms with Crippen molar-refractivity contribution in [2.45, 2.75) is 31.6 Å². The molecule has 0 saturated heterocycles. The molecule has 2 atom stereocenters. The van der Waals surface area contributed by atoms with Gasteiger partial charge in [-0.05, 0) is 6.42 Å². The predicted octanol–water partition coefficient (Wildman–Crippen LogP) is 2.54. The average molecular weight is 157 g/mol. The first kappa shape index (κ1) is 9.72. The van der Waals surface area contributed by atoms with Gasteiger partial charge in [0.2, 0.25) is 0 Å². The molecule has 0 aromatic rings. The van der Waals surface area contributed by atoms with Crippen LogP contribution in [0.4, 0.5) is 17.6 Å². The van der Waals surface area contributed by atoms with Gasteiger partial charge in [-0.2, -0.15) is 0 Å². The molecule has 0 aromatic carbocycles. The largest absolute Gasteiger partial charge is 0.272 e. The monoisotopic (exact) mass is 157 g/mol. The topological polar surface area (TPSA) is 0 Å². The van der Waals surface area contributed by atoms with Crippen LogP contribution in [0.25, 0.3) is 0 Å². The minimum Gasteiger partial charge on any atom is -0.244 e. The third kappa shape index (κ3) is 3.03. The lowest BCUT2D eigenvalue weighted by Gasteiger charge is -2.10. The quantitative estimate of drug-likeness (QED) is 0.550. The van der Waals surface area contributed by atoms with Gasteiger partial charge >= 0.3 is 0 Å². The summed E-state index contributed by atoms with van der Waals surface area (Å²) < 4.78 is 46.8. The zero-order valence-corrected chi connectivity index (χ0v) is 5.37. The summed E-state index contributed by atoms with van der Waals surface area (Å²) in [7, 11) is 0. The molecule has 0 rings (SSSR count). The van der Waals surface area contributed by atoms with Crippen LogP contribution in [0.15, 0.2) is 0 Å². The summed E-state index contributed by atoms with van der Waals surface area (Å²) in [6, 6.07) is 0. The fourth-order valence-electron chi connectivity index (χ4n) is 0.512. The maximum absolute atomic E-state index is 12.2. The van der Waals surface area contributed by atoms with E-state index in [9.17, 15) is 17.6 Å². The van der Waals surface area contributed by atoms with Crippen LogP contribution in [0.2, 0.25) is 0 Å². The van der Waals surface area contributed by atoms with Gasteiger partial charge in [-0.25, -0.2) is 17.6 Å². The minimum absolute atomic E-state index is 0.133. The predicted molar refractivity (Wildman–Crippen MR) is 30.4 cm³/mol. The first-order valence-electron chi connectivity index (χ1n) is 2.95. The molecule has 0 bridgehead atoms. The van der Waals surface area contributed by atoms with E-state index in [2.05, 4.69) is 6.92 Å². The first-order valence-corrected chi connectivity index (χ1v) is 2.95. The van der Waals surface area contributed by atoms with Gasteiger partial charge in [-0.15, -0.1) is 0 Å². The Bertz CT molecular complexity index is 83.8. The Kier molecular flexibility index (Phi) is 4.40. The summed E-state index contributed by atoms with van der Waals surface area (Å²) in [5.74, 6) is 0.